The van der Waals surface area contributed by atoms with E-state index in [0.29, 0.717) is 13.1 Å². The van der Waals surface area contributed by atoms with Gasteiger partial charge in [-0.05, 0) is 25.0 Å². The number of nitrogens with one attached hydrogen (secondary N) is 2. The van der Waals surface area contributed by atoms with Crippen molar-refractivity contribution in [2.75, 3.05) is 6.54 Å². The Morgan fingerprint density at radius 1 is 1.10 bits per heavy atom. The number of hydrogen-bond acceptors (Lipinski definition) is 2. The third-order valence-corrected chi connectivity index (χ3v) is 3.44. The minimum atomic E-state index is 0.0132. The van der Waals surface area contributed by atoms with Gasteiger partial charge in [-0.15, -0.1) is 0 Å². The van der Waals surface area contributed by atoms with E-state index in [1.54, 1.807) is 0 Å². The van der Waals surface area contributed by atoms with Crippen LogP contribution in [0, 0.1) is 6.92 Å². The molecule has 1 amide bonds. The zero-order valence-corrected chi connectivity index (χ0v) is 12.6. The Kier molecular flexibility index (Phi) is 5.52. The van der Waals surface area contributed by atoms with Gasteiger partial charge in [-0.25, -0.2) is 0 Å². The van der Waals surface area contributed by atoms with Crippen molar-refractivity contribution in [3.05, 3.63) is 71.3 Å². The van der Waals surface area contributed by atoms with Crippen LogP contribution in [0.3, 0.4) is 0 Å². The predicted molar refractivity (Wildman–Crippen MR) is 85.9 cm³/mol. The van der Waals surface area contributed by atoms with Crippen molar-refractivity contribution >= 4 is 5.91 Å². The molecule has 0 spiro atoms. The second-order valence-corrected chi connectivity index (χ2v) is 5.28. The number of carbonyl (C=O) groups is 1. The molecule has 0 saturated carbocycles. The fraction of sp³-hybridized carbons (Fsp3) is 0.278. The van der Waals surface area contributed by atoms with Gasteiger partial charge in [0.1, 0.15) is 0 Å². The first kappa shape index (κ1) is 15.3. The van der Waals surface area contributed by atoms with Crippen LogP contribution in [0.25, 0.3) is 0 Å². The Morgan fingerprint density at radius 3 is 2.57 bits per heavy atom. The van der Waals surface area contributed by atoms with Gasteiger partial charge in [0.2, 0.25) is 5.91 Å². The van der Waals surface area contributed by atoms with Crippen molar-refractivity contribution in [2.45, 2.75) is 26.4 Å². The molecule has 0 aliphatic heterocycles. The molecule has 1 atom stereocenters. The molecule has 2 aromatic carbocycles. The lowest BCUT2D eigenvalue weighted by molar-refractivity contribution is -0.120. The molecule has 0 aliphatic rings. The first-order valence-corrected chi connectivity index (χ1v) is 7.26. The van der Waals surface area contributed by atoms with Gasteiger partial charge in [0.05, 0.1) is 6.54 Å². The largest absolute Gasteiger partial charge is 0.351 e. The summed E-state index contributed by atoms with van der Waals surface area (Å²) in [5, 5.41) is 6.17. The third kappa shape index (κ3) is 5.04. The van der Waals surface area contributed by atoms with Crippen molar-refractivity contribution in [1.82, 2.24) is 10.6 Å². The standard InChI is InChI=1S/C18H22N2O/c1-14-7-6-8-16(11-14)12-20-18(21)13-19-15(2)17-9-4-3-5-10-17/h3-11,15,19H,12-13H2,1-2H3,(H,20,21). The minimum Gasteiger partial charge on any atom is -0.351 e. The Balaban J connectivity index is 1.75. The summed E-state index contributed by atoms with van der Waals surface area (Å²) in [6.07, 6.45) is 0. The molecule has 0 aliphatic carbocycles. The van der Waals surface area contributed by atoms with E-state index in [-0.39, 0.29) is 11.9 Å². The zero-order chi connectivity index (χ0) is 15.1. The summed E-state index contributed by atoms with van der Waals surface area (Å²) in [4.78, 5) is 11.9. The zero-order valence-electron chi connectivity index (χ0n) is 12.6. The van der Waals surface area contributed by atoms with Crippen LogP contribution in [0.15, 0.2) is 54.6 Å². The number of amides is 1. The van der Waals surface area contributed by atoms with Crippen LogP contribution < -0.4 is 10.6 Å². The normalized spacial score (nSPS) is 11.9. The van der Waals surface area contributed by atoms with E-state index in [4.69, 9.17) is 0 Å². The molecule has 3 heteroatoms. The molecular weight excluding hydrogens is 260 g/mol. The molecule has 0 bridgehead atoms. The smallest absolute Gasteiger partial charge is 0.234 e. The van der Waals surface area contributed by atoms with Crippen LogP contribution >= 0.6 is 0 Å². The van der Waals surface area contributed by atoms with Crippen molar-refractivity contribution in [1.29, 1.82) is 0 Å². The molecule has 21 heavy (non-hydrogen) atoms. The molecule has 0 fully saturated rings. The van der Waals surface area contributed by atoms with Crippen molar-refractivity contribution in [3.63, 3.8) is 0 Å². The topological polar surface area (TPSA) is 41.1 Å². The first-order chi connectivity index (χ1) is 10.1. The number of aryl methyl sites for hydroxylation is 1. The van der Waals surface area contributed by atoms with Crippen molar-refractivity contribution in [2.24, 2.45) is 0 Å². The minimum absolute atomic E-state index is 0.0132. The van der Waals surface area contributed by atoms with Crippen LogP contribution in [0.5, 0.6) is 0 Å². The average molecular weight is 282 g/mol. The van der Waals surface area contributed by atoms with Gasteiger partial charge in [0.15, 0.2) is 0 Å². The van der Waals surface area contributed by atoms with Crippen LogP contribution in [0.2, 0.25) is 0 Å². The Morgan fingerprint density at radius 2 is 1.86 bits per heavy atom. The fourth-order valence-electron chi connectivity index (χ4n) is 2.19. The summed E-state index contributed by atoms with van der Waals surface area (Å²) in [5.74, 6) is 0.0132. The number of benzene rings is 2. The van der Waals surface area contributed by atoms with Gasteiger partial charge in [0, 0.05) is 12.6 Å². The van der Waals surface area contributed by atoms with Gasteiger partial charge in [-0.3, -0.25) is 4.79 Å². The van der Waals surface area contributed by atoms with Gasteiger partial charge in [-0.1, -0.05) is 60.2 Å². The van der Waals surface area contributed by atoms with Gasteiger partial charge < -0.3 is 10.6 Å². The lowest BCUT2D eigenvalue weighted by Crippen LogP contribution is -2.34. The maximum Gasteiger partial charge on any atom is 0.234 e. The molecule has 2 rings (SSSR count). The predicted octanol–water partition coefficient (Wildman–Crippen LogP) is 2.96. The highest BCUT2D eigenvalue weighted by atomic mass is 16.1. The molecule has 0 saturated heterocycles. The van der Waals surface area contributed by atoms with E-state index < -0.39 is 0 Å². The van der Waals surface area contributed by atoms with E-state index in [1.165, 1.54) is 11.1 Å². The molecule has 2 aromatic rings. The summed E-state index contributed by atoms with van der Waals surface area (Å²) >= 11 is 0. The number of carbonyl (C=O) groups excluding carboxylic acids is 1. The van der Waals surface area contributed by atoms with E-state index in [1.807, 2.05) is 30.3 Å². The summed E-state index contributed by atoms with van der Waals surface area (Å²) in [6, 6.07) is 18.4. The first-order valence-electron chi connectivity index (χ1n) is 7.26. The summed E-state index contributed by atoms with van der Waals surface area (Å²) in [5.41, 5.74) is 3.51. The highest BCUT2D eigenvalue weighted by Crippen LogP contribution is 2.10. The maximum atomic E-state index is 11.9. The second-order valence-electron chi connectivity index (χ2n) is 5.28. The monoisotopic (exact) mass is 282 g/mol. The summed E-state index contributed by atoms with van der Waals surface area (Å²) in [6.45, 7) is 5.00. The maximum absolute atomic E-state index is 11.9. The second kappa shape index (κ2) is 7.60. The van der Waals surface area contributed by atoms with Crippen LogP contribution in [-0.4, -0.2) is 12.5 Å². The van der Waals surface area contributed by atoms with E-state index in [9.17, 15) is 4.79 Å². The van der Waals surface area contributed by atoms with E-state index in [0.717, 1.165) is 5.56 Å². The Hall–Kier alpha value is -2.13. The lowest BCUT2D eigenvalue weighted by atomic mass is 10.1. The molecule has 0 aromatic heterocycles. The van der Waals surface area contributed by atoms with E-state index >= 15 is 0 Å². The van der Waals surface area contributed by atoms with Crippen molar-refractivity contribution in [3.8, 4) is 0 Å². The molecule has 0 heterocycles. The van der Waals surface area contributed by atoms with E-state index in [2.05, 4.69) is 48.7 Å². The Bertz CT molecular complexity index is 581. The average Bonchev–Trinajstić information content (AvgIpc) is 2.51. The molecule has 0 radical (unpaired) electrons. The van der Waals surface area contributed by atoms with Gasteiger partial charge in [0.25, 0.3) is 0 Å². The molecule has 2 N–H and O–H groups in total. The third-order valence-electron chi connectivity index (χ3n) is 3.44. The SMILES string of the molecule is Cc1cccc(CNC(=O)CNC(C)c2ccccc2)c1. The summed E-state index contributed by atoms with van der Waals surface area (Å²) < 4.78 is 0. The van der Waals surface area contributed by atoms with Crippen molar-refractivity contribution < 1.29 is 4.79 Å². The van der Waals surface area contributed by atoms with Gasteiger partial charge in [-0.2, -0.15) is 0 Å². The fourth-order valence-corrected chi connectivity index (χ4v) is 2.19. The molecule has 1 unspecified atom stereocenters. The van der Waals surface area contributed by atoms with Gasteiger partial charge >= 0.3 is 0 Å². The van der Waals surface area contributed by atoms with Crippen LogP contribution in [0.4, 0.5) is 0 Å². The molecule has 110 valence electrons. The molecular formula is C18H22N2O. The number of rotatable bonds is 6. The quantitative estimate of drug-likeness (QED) is 0.855. The summed E-state index contributed by atoms with van der Waals surface area (Å²) in [7, 11) is 0. The molecule has 3 nitrogen and oxygen atoms in total. The highest BCUT2D eigenvalue weighted by molar-refractivity contribution is 5.78. The van der Waals surface area contributed by atoms with Crippen LogP contribution in [-0.2, 0) is 11.3 Å². The van der Waals surface area contributed by atoms with Crippen LogP contribution in [0.1, 0.15) is 29.7 Å². The lowest BCUT2D eigenvalue weighted by Gasteiger charge is -2.14. The highest BCUT2D eigenvalue weighted by Gasteiger charge is 2.07. The Labute approximate surface area is 126 Å². The number of hydrogen-bond donors (Lipinski definition) is 2.